The average Bonchev–Trinajstić information content (AvgIpc) is 3.05. The van der Waals surface area contributed by atoms with Crippen LogP contribution in [0.5, 0.6) is 0 Å². The van der Waals surface area contributed by atoms with E-state index in [1.54, 1.807) is 24.3 Å². The summed E-state index contributed by atoms with van der Waals surface area (Å²) in [4.78, 5) is 4.09. The Hall–Kier alpha value is -2.29. The van der Waals surface area contributed by atoms with E-state index in [9.17, 15) is 12.8 Å². The van der Waals surface area contributed by atoms with E-state index in [-0.39, 0.29) is 29.8 Å². The number of rotatable bonds is 6. The van der Waals surface area contributed by atoms with Crippen LogP contribution < -0.4 is 4.72 Å². The number of hydrogen-bond donors (Lipinski definition) is 1. The molecule has 0 bridgehead atoms. The van der Waals surface area contributed by atoms with Crippen LogP contribution in [0.3, 0.4) is 0 Å². The number of sulfonamides is 1. The summed E-state index contributed by atoms with van der Waals surface area (Å²) in [6.45, 7) is -0.135. The molecule has 0 atom stereocenters. The van der Waals surface area contributed by atoms with E-state index < -0.39 is 10.0 Å². The topological polar surface area (TPSA) is 85.1 Å². The van der Waals surface area contributed by atoms with Crippen molar-refractivity contribution < 1.29 is 17.3 Å². The van der Waals surface area contributed by atoms with Gasteiger partial charge >= 0.3 is 0 Å². The quantitative estimate of drug-likeness (QED) is 0.709. The second kappa shape index (κ2) is 7.30. The zero-order chi connectivity index (χ0) is 17.9. The Morgan fingerprint density at radius 2 is 1.76 bits per heavy atom. The molecule has 2 aromatic carbocycles. The van der Waals surface area contributed by atoms with E-state index in [2.05, 4.69) is 14.9 Å². The zero-order valence-electron chi connectivity index (χ0n) is 12.8. The van der Waals surface area contributed by atoms with Crippen LogP contribution in [-0.2, 0) is 22.3 Å². The molecule has 25 heavy (non-hydrogen) atoms. The summed E-state index contributed by atoms with van der Waals surface area (Å²) in [7, 11) is -3.58. The highest BCUT2D eigenvalue weighted by Crippen LogP contribution is 2.16. The van der Waals surface area contributed by atoms with Crippen molar-refractivity contribution in [1.29, 1.82) is 0 Å². The molecule has 0 amide bonds. The molecule has 1 N–H and O–H groups in total. The number of aromatic nitrogens is 2. The fraction of sp³-hybridized carbons (Fsp3) is 0.125. The molecule has 1 aromatic heterocycles. The van der Waals surface area contributed by atoms with Gasteiger partial charge in [0, 0.05) is 10.6 Å². The average molecular weight is 382 g/mol. The summed E-state index contributed by atoms with van der Waals surface area (Å²) in [5.41, 5.74) is 1.18. The summed E-state index contributed by atoms with van der Waals surface area (Å²) in [5, 5.41) is 4.29. The van der Waals surface area contributed by atoms with E-state index >= 15 is 0 Å². The molecule has 3 rings (SSSR count). The maximum Gasteiger partial charge on any atom is 0.242 e. The van der Waals surface area contributed by atoms with E-state index in [0.29, 0.717) is 16.1 Å². The van der Waals surface area contributed by atoms with Crippen molar-refractivity contribution in [1.82, 2.24) is 14.9 Å². The molecule has 0 fully saturated rings. The van der Waals surface area contributed by atoms with Gasteiger partial charge in [-0.05, 0) is 42.0 Å². The fourth-order valence-electron chi connectivity index (χ4n) is 2.07. The molecule has 0 aliphatic heterocycles. The molecular weight excluding hydrogens is 369 g/mol. The molecular formula is C16H13ClFN3O3S. The molecule has 0 saturated heterocycles. The third kappa shape index (κ3) is 4.85. The maximum absolute atomic E-state index is 12.9. The van der Waals surface area contributed by atoms with Crippen LogP contribution >= 0.6 is 11.6 Å². The van der Waals surface area contributed by atoms with Gasteiger partial charge in [0.25, 0.3) is 0 Å². The van der Waals surface area contributed by atoms with Crippen molar-refractivity contribution in [2.24, 2.45) is 0 Å². The summed E-state index contributed by atoms with van der Waals surface area (Å²) in [5.74, 6) is -0.198. The second-order valence-corrected chi connectivity index (χ2v) is 7.47. The molecule has 0 radical (unpaired) electrons. The summed E-state index contributed by atoms with van der Waals surface area (Å²) < 4.78 is 44.5. The Kier molecular flexibility index (Phi) is 5.12. The van der Waals surface area contributed by atoms with Crippen molar-refractivity contribution in [3.8, 4) is 11.4 Å². The molecule has 0 saturated carbocycles. The van der Waals surface area contributed by atoms with Gasteiger partial charge in [-0.15, -0.1) is 0 Å². The van der Waals surface area contributed by atoms with Crippen LogP contribution in [0.1, 0.15) is 11.5 Å². The second-order valence-electron chi connectivity index (χ2n) is 5.23. The van der Waals surface area contributed by atoms with Gasteiger partial charge in [-0.1, -0.05) is 28.9 Å². The number of halogens is 2. The van der Waals surface area contributed by atoms with Crippen molar-refractivity contribution in [2.75, 3.05) is 0 Å². The summed E-state index contributed by atoms with van der Waals surface area (Å²) in [6.07, 6.45) is 0. The first-order valence-corrected chi connectivity index (χ1v) is 9.25. The van der Waals surface area contributed by atoms with Gasteiger partial charge in [-0.2, -0.15) is 4.98 Å². The molecule has 0 unspecified atom stereocenters. The van der Waals surface area contributed by atoms with Gasteiger partial charge in [-0.3, -0.25) is 0 Å². The van der Waals surface area contributed by atoms with Gasteiger partial charge in [0.1, 0.15) is 5.82 Å². The molecule has 9 heteroatoms. The summed E-state index contributed by atoms with van der Waals surface area (Å²) >= 11 is 5.77. The van der Waals surface area contributed by atoms with Gasteiger partial charge in [0.2, 0.25) is 21.7 Å². The number of benzene rings is 2. The predicted molar refractivity (Wildman–Crippen MR) is 90.6 cm³/mol. The van der Waals surface area contributed by atoms with Crippen molar-refractivity contribution in [3.05, 3.63) is 70.8 Å². The zero-order valence-corrected chi connectivity index (χ0v) is 14.4. The van der Waals surface area contributed by atoms with Gasteiger partial charge < -0.3 is 4.52 Å². The predicted octanol–water partition coefficient (Wildman–Crippen LogP) is 3.15. The molecule has 0 aliphatic rings. The molecule has 0 aliphatic carbocycles. The first kappa shape index (κ1) is 17.5. The standard InChI is InChI=1S/C16H13ClFN3O3S/c17-13-5-1-11(2-6-13)10-25(22,23)19-9-15-20-16(21-24-15)12-3-7-14(18)8-4-12/h1-8,19H,9-10H2. The van der Waals surface area contributed by atoms with Gasteiger partial charge in [0.15, 0.2) is 0 Å². The molecule has 0 spiro atoms. The number of hydrogen-bond acceptors (Lipinski definition) is 5. The Morgan fingerprint density at radius 3 is 2.44 bits per heavy atom. The first-order chi connectivity index (χ1) is 11.9. The van der Waals surface area contributed by atoms with Crippen LogP contribution in [-0.4, -0.2) is 18.6 Å². The Bertz CT molecular complexity index is 957. The molecule has 3 aromatic rings. The minimum absolute atomic E-state index is 0.110. The third-order valence-corrected chi connectivity index (χ3v) is 4.83. The number of nitrogens with one attached hydrogen (secondary N) is 1. The monoisotopic (exact) mass is 381 g/mol. The van der Waals surface area contributed by atoms with E-state index in [1.165, 1.54) is 24.3 Å². The highest BCUT2D eigenvalue weighted by atomic mass is 35.5. The first-order valence-electron chi connectivity index (χ1n) is 7.22. The normalized spacial score (nSPS) is 11.6. The highest BCUT2D eigenvalue weighted by molar-refractivity contribution is 7.88. The molecule has 1 heterocycles. The number of nitrogens with zero attached hydrogens (tertiary/aromatic N) is 2. The summed E-state index contributed by atoms with van der Waals surface area (Å²) in [6, 6.07) is 12.1. The van der Waals surface area contributed by atoms with Crippen LogP contribution in [0.2, 0.25) is 5.02 Å². The van der Waals surface area contributed by atoms with Gasteiger partial charge in [0.05, 0.1) is 12.3 Å². The lowest BCUT2D eigenvalue weighted by Crippen LogP contribution is -2.24. The molecule has 130 valence electrons. The Morgan fingerprint density at radius 1 is 1.08 bits per heavy atom. The Labute approximate surface area is 148 Å². The lowest BCUT2D eigenvalue weighted by molar-refractivity contribution is 0.376. The molecule has 6 nitrogen and oxygen atoms in total. The maximum atomic E-state index is 12.9. The van der Waals surface area contributed by atoms with E-state index in [4.69, 9.17) is 16.1 Å². The van der Waals surface area contributed by atoms with Crippen LogP contribution in [0.4, 0.5) is 4.39 Å². The lowest BCUT2D eigenvalue weighted by Gasteiger charge is -2.04. The fourth-order valence-corrected chi connectivity index (χ4v) is 3.27. The van der Waals surface area contributed by atoms with Crippen molar-refractivity contribution in [3.63, 3.8) is 0 Å². The van der Waals surface area contributed by atoms with Crippen LogP contribution in [0.15, 0.2) is 53.1 Å². The van der Waals surface area contributed by atoms with Crippen LogP contribution in [0.25, 0.3) is 11.4 Å². The largest absolute Gasteiger partial charge is 0.338 e. The van der Waals surface area contributed by atoms with Gasteiger partial charge in [-0.25, -0.2) is 17.5 Å². The smallest absolute Gasteiger partial charge is 0.242 e. The SMILES string of the molecule is O=S(=O)(Cc1ccc(Cl)cc1)NCc1nc(-c2ccc(F)cc2)no1. The minimum atomic E-state index is -3.58. The Balaban J connectivity index is 1.63. The lowest BCUT2D eigenvalue weighted by atomic mass is 10.2. The van der Waals surface area contributed by atoms with Crippen molar-refractivity contribution >= 4 is 21.6 Å². The van der Waals surface area contributed by atoms with E-state index in [0.717, 1.165) is 0 Å². The third-order valence-electron chi connectivity index (χ3n) is 3.28. The highest BCUT2D eigenvalue weighted by Gasteiger charge is 2.15. The van der Waals surface area contributed by atoms with Crippen molar-refractivity contribution in [2.45, 2.75) is 12.3 Å². The minimum Gasteiger partial charge on any atom is -0.338 e. The van der Waals surface area contributed by atoms with E-state index in [1.807, 2.05) is 0 Å². The van der Waals surface area contributed by atoms with Crippen LogP contribution in [0, 0.1) is 5.82 Å².